The van der Waals surface area contributed by atoms with Gasteiger partial charge in [-0.05, 0) is 24.3 Å². The van der Waals surface area contributed by atoms with E-state index >= 15 is 0 Å². The fourth-order valence-corrected chi connectivity index (χ4v) is 0.698. The van der Waals surface area contributed by atoms with Gasteiger partial charge in [0, 0.05) is 0 Å². The van der Waals surface area contributed by atoms with Gasteiger partial charge in [0.2, 0.25) is 0 Å². The van der Waals surface area contributed by atoms with E-state index in [4.69, 9.17) is 0 Å². The number of benzene rings is 1. The quantitative estimate of drug-likeness (QED) is 0.378. The van der Waals surface area contributed by atoms with E-state index in [0.717, 1.165) is 12.1 Å². The summed E-state index contributed by atoms with van der Waals surface area (Å²) in [5.74, 6) is -1.23. The van der Waals surface area contributed by atoms with Gasteiger partial charge in [-0.3, -0.25) is 4.79 Å². The lowest BCUT2D eigenvalue weighted by atomic mass is 10.2. The van der Waals surface area contributed by atoms with Gasteiger partial charge in [-0.15, -0.1) is 0 Å². The molecule has 0 atom stereocenters. The maximum Gasteiger partial charge on any atom is 0.345 e. The molecule has 1 aromatic carbocycles. The molecule has 0 aromatic heterocycles. The standard InChI is InChI=1S/C8H5FO3/c9-7-3-1-6(2-4-7)8(11)12-5-10/h1-5H. The fourth-order valence-electron chi connectivity index (χ4n) is 0.698. The van der Waals surface area contributed by atoms with E-state index < -0.39 is 11.8 Å². The summed E-state index contributed by atoms with van der Waals surface area (Å²) in [6.45, 7) is 0.0334. The molecule has 0 heterocycles. The van der Waals surface area contributed by atoms with Crippen molar-refractivity contribution in [2.45, 2.75) is 0 Å². The zero-order valence-corrected chi connectivity index (χ0v) is 5.99. The van der Waals surface area contributed by atoms with Crippen molar-refractivity contribution in [1.29, 1.82) is 0 Å². The van der Waals surface area contributed by atoms with Crippen LogP contribution in [0.3, 0.4) is 0 Å². The van der Waals surface area contributed by atoms with Gasteiger partial charge < -0.3 is 4.74 Å². The van der Waals surface area contributed by atoms with Crippen molar-refractivity contribution in [3.05, 3.63) is 35.6 Å². The first-order valence-corrected chi connectivity index (χ1v) is 3.14. The van der Waals surface area contributed by atoms with Crippen molar-refractivity contribution in [2.75, 3.05) is 0 Å². The van der Waals surface area contributed by atoms with Crippen LogP contribution in [0.25, 0.3) is 0 Å². The molecule has 0 saturated carbocycles. The van der Waals surface area contributed by atoms with Gasteiger partial charge in [-0.1, -0.05) is 0 Å². The Morgan fingerprint density at radius 1 is 1.33 bits per heavy atom. The minimum atomic E-state index is -0.787. The highest BCUT2D eigenvalue weighted by Gasteiger charge is 2.05. The van der Waals surface area contributed by atoms with Crippen LogP contribution in [0.1, 0.15) is 10.4 Å². The Bertz CT molecular complexity index is 292. The molecule has 3 nitrogen and oxygen atoms in total. The van der Waals surface area contributed by atoms with Crippen LogP contribution in [0.4, 0.5) is 4.39 Å². The van der Waals surface area contributed by atoms with Crippen LogP contribution in [-0.2, 0) is 9.53 Å². The van der Waals surface area contributed by atoms with Crippen molar-refractivity contribution in [2.24, 2.45) is 0 Å². The fraction of sp³-hybridized carbons (Fsp3) is 0. The third-order valence-corrected chi connectivity index (χ3v) is 1.24. The number of rotatable bonds is 2. The van der Waals surface area contributed by atoms with Crippen molar-refractivity contribution in [3.8, 4) is 0 Å². The first kappa shape index (κ1) is 8.39. The molecule has 12 heavy (non-hydrogen) atoms. The van der Waals surface area contributed by atoms with Crippen LogP contribution in [-0.4, -0.2) is 12.4 Å². The molecule has 0 aliphatic heterocycles. The summed E-state index contributed by atoms with van der Waals surface area (Å²) in [7, 11) is 0. The first-order valence-electron chi connectivity index (χ1n) is 3.14. The number of carbonyl (C=O) groups is 2. The highest BCUT2D eigenvalue weighted by molar-refractivity contribution is 5.92. The second-order valence-electron chi connectivity index (χ2n) is 2.01. The number of hydrogen-bond acceptors (Lipinski definition) is 3. The molecule has 4 heteroatoms. The van der Waals surface area contributed by atoms with Crippen LogP contribution in [0, 0.1) is 5.82 Å². The number of ether oxygens (including phenoxy) is 1. The zero-order chi connectivity index (χ0) is 8.97. The highest BCUT2D eigenvalue weighted by atomic mass is 19.1. The van der Waals surface area contributed by atoms with Gasteiger partial charge in [0.25, 0.3) is 0 Å². The molecule has 62 valence electrons. The van der Waals surface area contributed by atoms with Crippen LogP contribution in [0.5, 0.6) is 0 Å². The number of hydrogen-bond donors (Lipinski definition) is 0. The molecule has 0 aliphatic carbocycles. The second kappa shape index (κ2) is 3.61. The van der Waals surface area contributed by atoms with Crippen LogP contribution < -0.4 is 0 Å². The van der Waals surface area contributed by atoms with E-state index in [0.29, 0.717) is 0 Å². The molecular formula is C8H5FO3. The third kappa shape index (κ3) is 1.88. The Labute approximate surface area is 67.8 Å². The molecule has 1 aromatic rings. The Hall–Kier alpha value is -1.71. The van der Waals surface area contributed by atoms with Gasteiger partial charge in [-0.25, -0.2) is 9.18 Å². The molecule has 0 saturated heterocycles. The Morgan fingerprint density at radius 3 is 2.42 bits per heavy atom. The molecular weight excluding hydrogens is 163 g/mol. The van der Waals surface area contributed by atoms with Crippen LogP contribution >= 0.6 is 0 Å². The summed E-state index contributed by atoms with van der Waals surface area (Å²) in [5, 5.41) is 0. The van der Waals surface area contributed by atoms with E-state index in [1.54, 1.807) is 0 Å². The Balaban J connectivity index is 2.82. The summed E-state index contributed by atoms with van der Waals surface area (Å²) in [5.41, 5.74) is 0.142. The molecule has 1 rings (SSSR count). The topological polar surface area (TPSA) is 43.4 Å². The van der Waals surface area contributed by atoms with E-state index in [2.05, 4.69) is 4.74 Å². The van der Waals surface area contributed by atoms with Gasteiger partial charge in [0.1, 0.15) is 5.82 Å². The zero-order valence-electron chi connectivity index (χ0n) is 5.99. The molecule has 0 spiro atoms. The SMILES string of the molecule is O=COC(=O)c1ccc(F)cc1. The number of esters is 1. The third-order valence-electron chi connectivity index (χ3n) is 1.24. The molecule has 0 fully saturated rings. The molecule has 0 N–H and O–H groups in total. The summed E-state index contributed by atoms with van der Waals surface area (Å²) in [6.07, 6.45) is 0. The normalized spacial score (nSPS) is 9.08. The monoisotopic (exact) mass is 168 g/mol. The number of halogens is 1. The average Bonchev–Trinajstić information content (AvgIpc) is 2.06. The largest absolute Gasteiger partial charge is 0.392 e. The maximum absolute atomic E-state index is 12.3. The Morgan fingerprint density at radius 2 is 1.92 bits per heavy atom. The molecule has 0 unspecified atom stereocenters. The summed E-state index contributed by atoms with van der Waals surface area (Å²) >= 11 is 0. The molecule has 0 aliphatic rings. The first-order chi connectivity index (χ1) is 5.74. The lowest BCUT2D eigenvalue weighted by molar-refractivity contribution is -0.123. The Kier molecular flexibility index (Phi) is 2.53. The van der Waals surface area contributed by atoms with Crippen molar-refractivity contribution in [3.63, 3.8) is 0 Å². The summed E-state index contributed by atoms with van der Waals surface area (Å²) in [4.78, 5) is 20.5. The van der Waals surface area contributed by atoms with E-state index in [1.165, 1.54) is 12.1 Å². The van der Waals surface area contributed by atoms with Crippen LogP contribution in [0.15, 0.2) is 24.3 Å². The minimum absolute atomic E-state index is 0.0334. The van der Waals surface area contributed by atoms with Gasteiger partial charge >= 0.3 is 12.4 Å². The number of carbonyl (C=O) groups excluding carboxylic acids is 2. The smallest absolute Gasteiger partial charge is 0.345 e. The average molecular weight is 168 g/mol. The van der Waals surface area contributed by atoms with Gasteiger partial charge in [0.05, 0.1) is 5.56 Å². The van der Waals surface area contributed by atoms with Gasteiger partial charge in [0.15, 0.2) is 0 Å². The lowest BCUT2D eigenvalue weighted by Gasteiger charge is -1.95. The predicted molar refractivity (Wildman–Crippen MR) is 37.9 cm³/mol. The molecule has 0 radical (unpaired) electrons. The lowest BCUT2D eigenvalue weighted by Crippen LogP contribution is -2.02. The van der Waals surface area contributed by atoms with Gasteiger partial charge in [-0.2, -0.15) is 0 Å². The van der Waals surface area contributed by atoms with Crippen molar-refractivity contribution in [1.82, 2.24) is 0 Å². The summed E-state index contributed by atoms with van der Waals surface area (Å²) < 4.78 is 16.3. The maximum atomic E-state index is 12.3. The minimum Gasteiger partial charge on any atom is -0.392 e. The predicted octanol–water partition coefficient (Wildman–Crippen LogP) is 1.14. The highest BCUT2D eigenvalue weighted by Crippen LogP contribution is 2.03. The van der Waals surface area contributed by atoms with E-state index in [9.17, 15) is 14.0 Å². The molecule has 0 amide bonds. The summed E-state index contributed by atoms with van der Waals surface area (Å²) in [6, 6.07) is 4.70. The molecule has 0 bridgehead atoms. The van der Waals surface area contributed by atoms with Crippen molar-refractivity contribution >= 4 is 12.4 Å². The van der Waals surface area contributed by atoms with E-state index in [1.807, 2.05) is 0 Å². The van der Waals surface area contributed by atoms with Crippen molar-refractivity contribution < 1.29 is 18.7 Å². The second-order valence-corrected chi connectivity index (χ2v) is 2.01. The van der Waals surface area contributed by atoms with Crippen LogP contribution in [0.2, 0.25) is 0 Å². The van der Waals surface area contributed by atoms with E-state index in [-0.39, 0.29) is 12.0 Å².